The van der Waals surface area contributed by atoms with E-state index < -0.39 is 141 Å². The molecule has 24 nitrogen and oxygen atoms in total. The molecule has 0 spiro atoms. The molecule has 0 saturated carbocycles. The average molecular weight is 780 g/mol. The van der Waals surface area contributed by atoms with E-state index in [0.29, 0.717) is 0 Å². The van der Waals surface area contributed by atoms with E-state index >= 15 is 0 Å². The minimum atomic E-state index is -1.73. The number of amides is 8. The van der Waals surface area contributed by atoms with Crippen LogP contribution in [0, 0.1) is 5.92 Å². The topological polar surface area (TPSA) is 397 Å². The number of nitrogens with two attached hydrogens (primary N) is 1. The average Bonchev–Trinajstić information content (AvgIpc) is 3.10. The summed E-state index contributed by atoms with van der Waals surface area (Å²) in [5.41, 5.74) is 5.35. The van der Waals surface area contributed by atoms with Gasteiger partial charge in [-0.3, -0.25) is 38.4 Å². The second-order valence-corrected chi connectivity index (χ2v) is 12.5. The number of carboxylic acid groups (broad SMARTS) is 1. The van der Waals surface area contributed by atoms with E-state index in [4.69, 9.17) is 10.8 Å². The summed E-state index contributed by atoms with van der Waals surface area (Å²) >= 11 is 0. The van der Waals surface area contributed by atoms with Gasteiger partial charge in [0, 0.05) is 0 Å². The van der Waals surface area contributed by atoms with Crippen molar-refractivity contribution in [1.82, 2.24) is 42.5 Å². The number of carbonyl (C=O) groups excluding carboxylic acids is 8. The lowest BCUT2D eigenvalue weighted by molar-refractivity contribution is -0.143. The van der Waals surface area contributed by atoms with Crippen molar-refractivity contribution in [3.8, 4) is 0 Å². The lowest BCUT2D eigenvalue weighted by Gasteiger charge is -2.26. The highest BCUT2D eigenvalue weighted by Crippen LogP contribution is 2.06. The minimum Gasteiger partial charge on any atom is -0.480 e. The molecule has 0 fully saturated rings. The normalized spacial score (nSPS) is 16.0. The van der Waals surface area contributed by atoms with Gasteiger partial charge in [-0.05, 0) is 33.1 Å². The molecule has 8 amide bonds. The van der Waals surface area contributed by atoms with Crippen LogP contribution in [0.3, 0.4) is 0 Å². The number of hydrogen-bond donors (Lipinski definition) is 15. The molecule has 0 rings (SSSR count). The Labute approximate surface area is 309 Å². The maximum atomic E-state index is 12.8. The molecule has 308 valence electrons. The summed E-state index contributed by atoms with van der Waals surface area (Å²) in [4.78, 5) is 111. The number of carbonyl (C=O) groups is 9. The largest absolute Gasteiger partial charge is 0.480 e. The molecule has 0 aliphatic carbocycles. The number of aliphatic hydroxyl groups excluding tert-OH is 5. The van der Waals surface area contributed by atoms with Crippen molar-refractivity contribution in [2.75, 3.05) is 33.0 Å². The van der Waals surface area contributed by atoms with Crippen LogP contribution in [0.25, 0.3) is 0 Å². The molecule has 0 aromatic rings. The Morgan fingerprint density at radius 2 is 0.944 bits per heavy atom. The maximum absolute atomic E-state index is 12.8. The maximum Gasteiger partial charge on any atom is 0.326 e. The molecule has 0 aliphatic heterocycles. The summed E-state index contributed by atoms with van der Waals surface area (Å²) in [6.45, 7) is 2.46. The summed E-state index contributed by atoms with van der Waals surface area (Å²) in [7, 11) is 0. The first-order valence-electron chi connectivity index (χ1n) is 16.6. The number of nitrogens with one attached hydrogen (secondary N) is 8. The van der Waals surface area contributed by atoms with Crippen molar-refractivity contribution >= 4 is 53.2 Å². The third kappa shape index (κ3) is 17.2. The first kappa shape index (κ1) is 49.0. The molecule has 0 aliphatic rings. The molecular weight excluding hydrogens is 726 g/mol. The van der Waals surface area contributed by atoms with E-state index in [1.54, 1.807) is 13.8 Å². The molecule has 0 aromatic carbocycles. The number of rotatable bonds is 24. The van der Waals surface area contributed by atoms with Crippen LogP contribution in [-0.2, 0) is 43.2 Å². The van der Waals surface area contributed by atoms with Crippen LogP contribution in [0.2, 0.25) is 0 Å². The number of carboxylic acids is 1. The van der Waals surface area contributed by atoms with Gasteiger partial charge >= 0.3 is 5.97 Å². The Balaban J connectivity index is 5.22. The summed E-state index contributed by atoms with van der Waals surface area (Å²) in [5, 5.41) is 74.4. The Bertz CT molecular complexity index is 1330. The predicted molar refractivity (Wildman–Crippen MR) is 183 cm³/mol. The van der Waals surface area contributed by atoms with Crippen LogP contribution in [0.1, 0.15) is 41.0 Å². The van der Waals surface area contributed by atoms with E-state index in [-0.39, 0.29) is 12.3 Å². The summed E-state index contributed by atoms with van der Waals surface area (Å²) in [6, 6.07) is -12.0. The van der Waals surface area contributed by atoms with Gasteiger partial charge < -0.3 is 78.9 Å². The van der Waals surface area contributed by atoms with E-state index in [1.807, 2.05) is 0 Å². The van der Waals surface area contributed by atoms with Crippen LogP contribution < -0.4 is 48.3 Å². The standard InChI is InChI=1S/C30H53N9O15/c1-12(2)6-17(30(53)54)36-29(52)22(15(5)44)39-28(51)20(11-43)38-24(47)14(4)34-27(50)19(10-42)35-21(45)7-32-26(49)18(9-41)37-23(46)13(3)33-25(48)16(31)8-40/h12-20,22,40-44H,6-11,31H2,1-5H3,(H,32,49)(H,33,48)(H,34,50)(H,35,45)(H,36,52)(H,37,46)(H,38,47)(H,39,51)(H,53,54)/t13-,14-,15+,16-,17-,18-,19-,20-,22-/m0/s1. The second kappa shape index (κ2) is 24.3. The van der Waals surface area contributed by atoms with Crippen molar-refractivity contribution in [1.29, 1.82) is 0 Å². The number of aliphatic carboxylic acids is 1. The van der Waals surface area contributed by atoms with Crippen molar-refractivity contribution in [3.05, 3.63) is 0 Å². The summed E-state index contributed by atoms with van der Waals surface area (Å²) in [6.07, 6.45) is -1.50. The Morgan fingerprint density at radius 3 is 1.37 bits per heavy atom. The van der Waals surface area contributed by atoms with Gasteiger partial charge in [-0.2, -0.15) is 0 Å². The molecule has 0 unspecified atom stereocenters. The third-order valence-electron chi connectivity index (χ3n) is 7.31. The monoisotopic (exact) mass is 779 g/mol. The van der Waals surface area contributed by atoms with E-state index in [0.717, 1.165) is 13.8 Å². The van der Waals surface area contributed by atoms with E-state index in [2.05, 4.69) is 42.5 Å². The highest BCUT2D eigenvalue weighted by molar-refractivity contribution is 5.97. The van der Waals surface area contributed by atoms with Gasteiger partial charge in [0.2, 0.25) is 47.3 Å². The minimum absolute atomic E-state index is 0.0397. The molecule has 0 aromatic heterocycles. The van der Waals surface area contributed by atoms with Crippen molar-refractivity contribution in [3.63, 3.8) is 0 Å². The zero-order chi connectivity index (χ0) is 41.9. The lowest BCUT2D eigenvalue weighted by atomic mass is 10.0. The van der Waals surface area contributed by atoms with Gasteiger partial charge in [-0.25, -0.2) is 4.79 Å². The summed E-state index contributed by atoms with van der Waals surface area (Å²) in [5.74, 6) is -9.74. The number of hydrogen-bond acceptors (Lipinski definition) is 15. The molecule has 0 bridgehead atoms. The summed E-state index contributed by atoms with van der Waals surface area (Å²) < 4.78 is 0. The molecule has 16 N–H and O–H groups in total. The van der Waals surface area contributed by atoms with Crippen LogP contribution in [0.4, 0.5) is 0 Å². The zero-order valence-corrected chi connectivity index (χ0v) is 30.5. The molecule has 0 saturated heterocycles. The second-order valence-electron chi connectivity index (χ2n) is 12.5. The lowest BCUT2D eigenvalue weighted by Crippen LogP contribution is -2.61. The van der Waals surface area contributed by atoms with Gasteiger partial charge in [-0.15, -0.1) is 0 Å². The van der Waals surface area contributed by atoms with Gasteiger partial charge in [-0.1, -0.05) is 13.8 Å². The Kier molecular flexibility index (Phi) is 22.1. The van der Waals surface area contributed by atoms with Gasteiger partial charge in [0.1, 0.15) is 48.3 Å². The fourth-order valence-corrected chi connectivity index (χ4v) is 4.17. The predicted octanol–water partition coefficient (Wildman–Crippen LogP) is -8.66. The fraction of sp³-hybridized carbons (Fsp3) is 0.700. The van der Waals surface area contributed by atoms with E-state index in [9.17, 15) is 68.7 Å². The zero-order valence-electron chi connectivity index (χ0n) is 30.5. The van der Waals surface area contributed by atoms with Gasteiger partial charge in [0.05, 0.1) is 39.1 Å². The third-order valence-corrected chi connectivity index (χ3v) is 7.31. The smallest absolute Gasteiger partial charge is 0.326 e. The first-order valence-corrected chi connectivity index (χ1v) is 16.6. The highest BCUT2D eigenvalue weighted by atomic mass is 16.4. The van der Waals surface area contributed by atoms with Gasteiger partial charge in [0.15, 0.2) is 0 Å². The highest BCUT2D eigenvalue weighted by Gasteiger charge is 2.33. The molecule has 24 heteroatoms. The van der Waals surface area contributed by atoms with Crippen molar-refractivity contribution < 1.29 is 73.8 Å². The van der Waals surface area contributed by atoms with Crippen LogP contribution in [0.15, 0.2) is 0 Å². The van der Waals surface area contributed by atoms with Crippen LogP contribution in [0.5, 0.6) is 0 Å². The fourth-order valence-electron chi connectivity index (χ4n) is 4.17. The molecular formula is C30H53N9O15. The van der Waals surface area contributed by atoms with Crippen LogP contribution in [-0.4, -0.2) is 171 Å². The molecule has 54 heavy (non-hydrogen) atoms. The van der Waals surface area contributed by atoms with E-state index in [1.165, 1.54) is 6.92 Å². The molecule has 0 heterocycles. The molecule has 9 atom stereocenters. The Hall–Kier alpha value is -5.01. The Morgan fingerprint density at radius 1 is 0.519 bits per heavy atom. The quantitative estimate of drug-likeness (QED) is 0.0432. The first-order chi connectivity index (χ1) is 25.1. The van der Waals surface area contributed by atoms with Crippen molar-refractivity contribution in [2.24, 2.45) is 11.7 Å². The van der Waals surface area contributed by atoms with Crippen LogP contribution >= 0.6 is 0 Å². The van der Waals surface area contributed by atoms with Gasteiger partial charge in [0.25, 0.3) is 0 Å². The SMILES string of the molecule is CC(C)C[C@H](NC(=O)[C@@H](NC(=O)[C@H](CO)NC(=O)[C@H](C)NC(=O)[C@H](CO)NC(=O)CNC(=O)[C@H](CO)NC(=O)[C@H](C)NC(=O)[C@@H](N)CO)[C@@H](C)O)C(=O)O. The number of aliphatic hydroxyl groups is 5. The van der Waals surface area contributed by atoms with Crippen molar-refractivity contribution in [2.45, 2.75) is 95.5 Å². The molecule has 0 radical (unpaired) electrons.